The molecule has 1 aromatic carbocycles. The van der Waals surface area contributed by atoms with Gasteiger partial charge in [-0.2, -0.15) is 0 Å². The fourth-order valence-corrected chi connectivity index (χ4v) is 1.92. The fraction of sp³-hybridized carbons (Fsp3) is 0.625. The molecule has 1 unspecified atom stereocenters. The third-order valence-corrected chi connectivity index (χ3v) is 4.09. The summed E-state index contributed by atoms with van der Waals surface area (Å²) in [5.74, 6) is 0.878. The highest BCUT2D eigenvalue weighted by atomic mass is 16.5. The van der Waals surface area contributed by atoms with Crippen molar-refractivity contribution in [3.63, 3.8) is 0 Å². The Morgan fingerprint density at radius 3 is 2.47 bits per heavy atom. The van der Waals surface area contributed by atoms with Gasteiger partial charge < -0.3 is 9.84 Å². The van der Waals surface area contributed by atoms with E-state index in [1.165, 1.54) is 0 Å². The molecule has 0 aliphatic heterocycles. The maximum Gasteiger partial charge on any atom is 0.123 e. The third kappa shape index (κ3) is 3.95. The Balaban J connectivity index is 3.01. The maximum atomic E-state index is 9.70. The monoisotopic (exact) mass is 265 g/mol. The molecule has 0 bridgehead atoms. The number of rotatable bonds is 6. The van der Waals surface area contributed by atoms with Gasteiger partial charge in [0, 0.05) is 17.6 Å². The molecule has 3 heteroatoms. The minimum Gasteiger partial charge on any atom is -0.496 e. The van der Waals surface area contributed by atoms with E-state index in [1.807, 2.05) is 18.2 Å². The summed E-state index contributed by atoms with van der Waals surface area (Å²) in [4.78, 5) is 2.32. The summed E-state index contributed by atoms with van der Waals surface area (Å²) in [6, 6.07) is 5.88. The quantitative estimate of drug-likeness (QED) is 0.856. The molecule has 0 aliphatic carbocycles. The number of ether oxygens (including phenoxy) is 1. The average Bonchev–Trinajstić information content (AvgIpc) is 2.38. The number of methoxy groups -OCH3 is 1. The lowest BCUT2D eigenvalue weighted by Crippen LogP contribution is -2.39. The molecule has 1 aromatic rings. The van der Waals surface area contributed by atoms with E-state index in [1.54, 1.807) is 14.0 Å². The van der Waals surface area contributed by atoms with Gasteiger partial charge in [-0.05, 0) is 51.9 Å². The Morgan fingerprint density at radius 1 is 1.37 bits per heavy atom. The zero-order chi connectivity index (χ0) is 14.6. The summed E-state index contributed by atoms with van der Waals surface area (Å²) in [7, 11) is 3.81. The van der Waals surface area contributed by atoms with Gasteiger partial charge in [-0.15, -0.1) is 0 Å². The van der Waals surface area contributed by atoms with Crippen LogP contribution in [0.5, 0.6) is 5.75 Å². The SMILES string of the molecule is CCC(C)(C)N(C)Cc1cc(C(C)O)ccc1OC. The lowest BCUT2D eigenvalue weighted by atomic mass is 9.98. The topological polar surface area (TPSA) is 32.7 Å². The first-order valence-corrected chi connectivity index (χ1v) is 6.88. The highest BCUT2D eigenvalue weighted by Gasteiger charge is 2.22. The van der Waals surface area contributed by atoms with Crippen molar-refractivity contribution < 1.29 is 9.84 Å². The summed E-state index contributed by atoms with van der Waals surface area (Å²) in [5, 5.41) is 9.70. The van der Waals surface area contributed by atoms with Crippen molar-refractivity contribution in [2.45, 2.75) is 52.3 Å². The zero-order valence-corrected chi connectivity index (χ0v) is 13.0. The summed E-state index contributed by atoms with van der Waals surface area (Å²) < 4.78 is 5.42. The highest BCUT2D eigenvalue weighted by molar-refractivity contribution is 5.38. The molecule has 0 aromatic heterocycles. The largest absolute Gasteiger partial charge is 0.496 e. The van der Waals surface area contributed by atoms with Crippen LogP contribution in [0.4, 0.5) is 0 Å². The zero-order valence-electron chi connectivity index (χ0n) is 13.0. The van der Waals surface area contributed by atoms with E-state index < -0.39 is 6.10 Å². The van der Waals surface area contributed by atoms with Crippen LogP contribution in [0.2, 0.25) is 0 Å². The Kier molecular flexibility index (Phi) is 5.39. The third-order valence-electron chi connectivity index (χ3n) is 4.09. The van der Waals surface area contributed by atoms with Gasteiger partial charge in [-0.3, -0.25) is 4.90 Å². The van der Waals surface area contributed by atoms with Gasteiger partial charge in [0.25, 0.3) is 0 Å². The first-order chi connectivity index (χ1) is 8.81. The van der Waals surface area contributed by atoms with Crippen LogP contribution in [-0.2, 0) is 6.54 Å². The first-order valence-electron chi connectivity index (χ1n) is 6.88. The molecular formula is C16H27NO2. The Labute approximate surface area is 117 Å². The van der Waals surface area contributed by atoms with Gasteiger partial charge in [0.2, 0.25) is 0 Å². The van der Waals surface area contributed by atoms with Crippen molar-refractivity contribution in [1.82, 2.24) is 4.90 Å². The minimum atomic E-state index is -0.450. The molecule has 0 amide bonds. The molecule has 0 saturated carbocycles. The second-order valence-corrected chi connectivity index (χ2v) is 5.77. The molecule has 1 atom stereocenters. The van der Waals surface area contributed by atoms with Crippen molar-refractivity contribution in [1.29, 1.82) is 0 Å². The van der Waals surface area contributed by atoms with Crippen LogP contribution < -0.4 is 4.74 Å². The molecule has 0 aliphatic rings. The molecule has 0 heterocycles. The molecule has 108 valence electrons. The van der Waals surface area contributed by atoms with Crippen LogP contribution in [0.15, 0.2) is 18.2 Å². The van der Waals surface area contributed by atoms with E-state index >= 15 is 0 Å². The lowest BCUT2D eigenvalue weighted by Gasteiger charge is -2.35. The van der Waals surface area contributed by atoms with Gasteiger partial charge in [0.1, 0.15) is 5.75 Å². The summed E-state index contributed by atoms with van der Waals surface area (Å²) in [6.07, 6.45) is 0.635. The number of aliphatic hydroxyl groups excluding tert-OH is 1. The van der Waals surface area contributed by atoms with Crippen LogP contribution in [0.3, 0.4) is 0 Å². The van der Waals surface area contributed by atoms with Gasteiger partial charge in [0.05, 0.1) is 13.2 Å². The van der Waals surface area contributed by atoms with Crippen LogP contribution in [0, 0.1) is 0 Å². The smallest absolute Gasteiger partial charge is 0.123 e. The van der Waals surface area contributed by atoms with Crippen LogP contribution >= 0.6 is 0 Å². The maximum absolute atomic E-state index is 9.70. The molecular weight excluding hydrogens is 238 g/mol. The Morgan fingerprint density at radius 2 is 2.00 bits per heavy atom. The second-order valence-electron chi connectivity index (χ2n) is 5.77. The van der Waals surface area contributed by atoms with Crippen molar-refractivity contribution >= 4 is 0 Å². The lowest BCUT2D eigenvalue weighted by molar-refractivity contribution is 0.141. The van der Waals surface area contributed by atoms with Crippen molar-refractivity contribution in [2.24, 2.45) is 0 Å². The van der Waals surface area contributed by atoms with Gasteiger partial charge >= 0.3 is 0 Å². The number of benzene rings is 1. The van der Waals surface area contributed by atoms with E-state index in [0.29, 0.717) is 0 Å². The van der Waals surface area contributed by atoms with Gasteiger partial charge in [0.15, 0.2) is 0 Å². The van der Waals surface area contributed by atoms with Crippen molar-refractivity contribution in [2.75, 3.05) is 14.2 Å². The molecule has 1 N–H and O–H groups in total. The normalized spacial score (nSPS) is 13.7. The number of hydrogen-bond acceptors (Lipinski definition) is 3. The average molecular weight is 265 g/mol. The standard InChI is InChI=1S/C16H27NO2/c1-7-16(3,4)17(5)11-14-10-13(12(2)18)8-9-15(14)19-6/h8-10,12,18H,7,11H2,1-6H3. The predicted octanol–water partition coefficient (Wildman–Crippen LogP) is 3.37. The Hall–Kier alpha value is -1.06. The molecule has 3 nitrogen and oxygen atoms in total. The number of nitrogens with zero attached hydrogens (tertiary/aromatic N) is 1. The molecule has 0 saturated heterocycles. The number of aliphatic hydroxyl groups is 1. The molecule has 1 rings (SSSR count). The molecule has 0 fully saturated rings. The van der Waals surface area contributed by atoms with Crippen molar-refractivity contribution in [3.05, 3.63) is 29.3 Å². The molecule has 19 heavy (non-hydrogen) atoms. The van der Waals surface area contributed by atoms with Gasteiger partial charge in [-0.1, -0.05) is 13.0 Å². The second kappa shape index (κ2) is 6.40. The summed E-state index contributed by atoms with van der Waals surface area (Å²) in [5.41, 5.74) is 2.19. The van der Waals surface area contributed by atoms with Crippen LogP contribution in [0.1, 0.15) is 51.3 Å². The van der Waals surface area contributed by atoms with Crippen LogP contribution in [0.25, 0.3) is 0 Å². The summed E-state index contributed by atoms with van der Waals surface area (Å²) >= 11 is 0. The summed E-state index contributed by atoms with van der Waals surface area (Å²) in [6.45, 7) is 9.26. The highest BCUT2D eigenvalue weighted by Crippen LogP contribution is 2.27. The van der Waals surface area contributed by atoms with E-state index in [9.17, 15) is 5.11 Å². The van der Waals surface area contributed by atoms with E-state index in [-0.39, 0.29) is 5.54 Å². The minimum absolute atomic E-state index is 0.145. The van der Waals surface area contributed by atoms with Crippen molar-refractivity contribution in [3.8, 4) is 5.75 Å². The van der Waals surface area contributed by atoms with E-state index in [2.05, 4.69) is 32.7 Å². The number of hydrogen-bond donors (Lipinski definition) is 1. The first kappa shape index (κ1) is 16.0. The molecule has 0 spiro atoms. The van der Waals surface area contributed by atoms with E-state index in [0.717, 1.165) is 29.8 Å². The van der Waals surface area contributed by atoms with Gasteiger partial charge in [-0.25, -0.2) is 0 Å². The van der Waals surface area contributed by atoms with E-state index in [4.69, 9.17) is 4.74 Å². The predicted molar refractivity (Wildman–Crippen MR) is 79.5 cm³/mol. The fourth-order valence-electron chi connectivity index (χ4n) is 1.92. The van der Waals surface area contributed by atoms with Crippen LogP contribution in [-0.4, -0.2) is 29.7 Å². The Bertz CT molecular complexity index is 413. The molecule has 0 radical (unpaired) electrons.